The molecule has 10 heteroatoms. The Hall–Kier alpha value is -3.82. The molecule has 1 heterocycles. The first-order valence-electron chi connectivity index (χ1n) is 8.42. The van der Waals surface area contributed by atoms with Crippen molar-refractivity contribution in [2.45, 2.75) is 13.1 Å². The summed E-state index contributed by atoms with van der Waals surface area (Å²) < 4.78 is 38.0. The molecule has 29 heavy (non-hydrogen) atoms. The second-order valence-corrected chi connectivity index (χ2v) is 6.13. The predicted octanol–water partition coefficient (Wildman–Crippen LogP) is 3.89. The number of aromatic nitrogens is 2. The number of halogens is 3. The highest BCUT2D eigenvalue weighted by Crippen LogP contribution is 2.31. The summed E-state index contributed by atoms with van der Waals surface area (Å²) in [6, 6.07) is 11.4. The van der Waals surface area contributed by atoms with E-state index in [2.05, 4.69) is 26.1 Å². The molecule has 0 spiro atoms. The van der Waals surface area contributed by atoms with E-state index in [1.54, 1.807) is 24.3 Å². The van der Waals surface area contributed by atoms with Crippen molar-refractivity contribution >= 4 is 28.9 Å². The first kappa shape index (κ1) is 19.9. The van der Waals surface area contributed by atoms with Gasteiger partial charge in [-0.1, -0.05) is 17.7 Å². The maximum absolute atomic E-state index is 12.7. The number of aryl methyl sites for hydroxylation is 1. The first-order chi connectivity index (χ1) is 13.7. The lowest BCUT2D eigenvalue weighted by molar-refractivity contribution is -0.137. The van der Waals surface area contributed by atoms with Gasteiger partial charge in [0.05, 0.1) is 5.56 Å². The number of carbonyl (C=O) groups is 1. The molecule has 0 unspecified atom stereocenters. The number of alkyl halides is 3. The van der Waals surface area contributed by atoms with Gasteiger partial charge in [-0.2, -0.15) is 13.2 Å². The standard InChI is InChI=1S/C19H17F3N6O/c1-11-2-4-12(5-3-11)18(29)28-27-17-15(23)16(24-10-25-17)26-14-8-6-13(7-9-14)19(20,21)22/h2-10H,23H2,1H3,(H,28,29)(H2,24,25,26,27). The fourth-order valence-corrected chi connectivity index (χ4v) is 2.37. The second-order valence-electron chi connectivity index (χ2n) is 6.13. The molecule has 0 aliphatic heterocycles. The van der Waals surface area contributed by atoms with Crippen LogP contribution in [0.5, 0.6) is 0 Å². The minimum absolute atomic E-state index is 0.0802. The molecule has 0 saturated carbocycles. The van der Waals surface area contributed by atoms with Crippen LogP contribution < -0.4 is 21.9 Å². The number of carbonyl (C=O) groups excluding carboxylic acids is 1. The average Bonchev–Trinajstić information content (AvgIpc) is 2.68. The van der Waals surface area contributed by atoms with Crippen LogP contribution in [0.1, 0.15) is 21.5 Å². The van der Waals surface area contributed by atoms with Crippen LogP contribution in [0.15, 0.2) is 54.9 Å². The van der Waals surface area contributed by atoms with Crippen molar-refractivity contribution in [2.24, 2.45) is 0 Å². The van der Waals surface area contributed by atoms with Gasteiger partial charge in [-0.25, -0.2) is 9.97 Å². The number of amides is 1. The first-order valence-corrected chi connectivity index (χ1v) is 8.42. The normalized spacial score (nSPS) is 11.0. The molecule has 3 rings (SSSR count). The van der Waals surface area contributed by atoms with E-state index < -0.39 is 11.7 Å². The van der Waals surface area contributed by atoms with Gasteiger partial charge < -0.3 is 11.1 Å². The van der Waals surface area contributed by atoms with E-state index in [-0.39, 0.29) is 23.2 Å². The smallest absolute Gasteiger partial charge is 0.393 e. The average molecular weight is 402 g/mol. The van der Waals surface area contributed by atoms with E-state index in [4.69, 9.17) is 5.73 Å². The molecule has 150 valence electrons. The van der Waals surface area contributed by atoms with Crippen molar-refractivity contribution in [3.63, 3.8) is 0 Å². The Morgan fingerprint density at radius 3 is 2.21 bits per heavy atom. The zero-order valence-corrected chi connectivity index (χ0v) is 15.2. The van der Waals surface area contributed by atoms with Crippen molar-refractivity contribution < 1.29 is 18.0 Å². The molecular formula is C19H17F3N6O. The highest BCUT2D eigenvalue weighted by Gasteiger charge is 2.29. The molecule has 5 N–H and O–H groups in total. The van der Waals surface area contributed by atoms with Crippen LogP contribution >= 0.6 is 0 Å². The van der Waals surface area contributed by atoms with Crippen LogP contribution in [-0.4, -0.2) is 15.9 Å². The second kappa shape index (κ2) is 8.05. The fraction of sp³-hybridized carbons (Fsp3) is 0.105. The van der Waals surface area contributed by atoms with Crippen LogP contribution in [0.2, 0.25) is 0 Å². The van der Waals surface area contributed by atoms with Gasteiger partial charge in [0.2, 0.25) is 0 Å². The molecule has 1 amide bonds. The third-order valence-electron chi connectivity index (χ3n) is 3.97. The Bertz CT molecular complexity index is 1000. The molecule has 2 aromatic carbocycles. The molecule has 0 radical (unpaired) electrons. The summed E-state index contributed by atoms with van der Waals surface area (Å²) in [7, 11) is 0. The zero-order chi connectivity index (χ0) is 21.0. The van der Waals surface area contributed by atoms with Gasteiger partial charge in [-0.15, -0.1) is 0 Å². The molecule has 0 aliphatic rings. The highest BCUT2D eigenvalue weighted by molar-refractivity contribution is 5.95. The Morgan fingerprint density at radius 1 is 0.966 bits per heavy atom. The SMILES string of the molecule is Cc1ccc(C(=O)NNc2ncnc(Nc3ccc(C(F)(F)F)cc3)c2N)cc1. The number of benzene rings is 2. The summed E-state index contributed by atoms with van der Waals surface area (Å²) in [5.41, 5.74) is 12.2. The maximum atomic E-state index is 12.7. The maximum Gasteiger partial charge on any atom is 0.416 e. The molecule has 0 saturated heterocycles. The van der Waals surface area contributed by atoms with Crippen LogP contribution in [0.3, 0.4) is 0 Å². The lowest BCUT2D eigenvalue weighted by Gasteiger charge is -2.14. The summed E-state index contributed by atoms with van der Waals surface area (Å²) in [5, 5.41) is 2.82. The number of hydrogen-bond acceptors (Lipinski definition) is 6. The zero-order valence-electron chi connectivity index (χ0n) is 15.2. The molecule has 0 fully saturated rings. The molecule has 0 bridgehead atoms. The van der Waals surface area contributed by atoms with Crippen molar-refractivity contribution in [3.05, 3.63) is 71.5 Å². The van der Waals surface area contributed by atoms with Crippen LogP contribution in [0.4, 0.5) is 36.2 Å². The van der Waals surface area contributed by atoms with Crippen molar-refractivity contribution in [2.75, 3.05) is 16.5 Å². The van der Waals surface area contributed by atoms with Gasteiger partial charge >= 0.3 is 6.18 Å². The number of anilines is 4. The molecule has 7 nitrogen and oxygen atoms in total. The Labute approximate surface area is 164 Å². The molecule has 0 atom stereocenters. The fourth-order valence-electron chi connectivity index (χ4n) is 2.37. The topological polar surface area (TPSA) is 105 Å². The van der Waals surface area contributed by atoms with Gasteiger partial charge in [0.1, 0.15) is 12.0 Å². The van der Waals surface area contributed by atoms with Gasteiger partial charge in [0, 0.05) is 11.3 Å². The van der Waals surface area contributed by atoms with Crippen LogP contribution in [0.25, 0.3) is 0 Å². The van der Waals surface area contributed by atoms with Crippen LogP contribution in [0, 0.1) is 6.92 Å². The van der Waals surface area contributed by atoms with Crippen LogP contribution in [-0.2, 0) is 6.18 Å². The summed E-state index contributed by atoms with van der Waals surface area (Å²) in [5.74, 6) is -0.0815. The highest BCUT2D eigenvalue weighted by atomic mass is 19.4. The lowest BCUT2D eigenvalue weighted by Crippen LogP contribution is -2.30. The van der Waals surface area contributed by atoms with Crippen molar-refractivity contribution in [3.8, 4) is 0 Å². The minimum Gasteiger partial charge on any atom is -0.393 e. The number of nitrogens with zero attached hydrogens (tertiary/aromatic N) is 2. The minimum atomic E-state index is -4.42. The van der Waals surface area contributed by atoms with E-state index >= 15 is 0 Å². The van der Waals surface area contributed by atoms with Gasteiger partial charge in [-0.3, -0.25) is 15.6 Å². The van der Waals surface area contributed by atoms with E-state index in [0.717, 1.165) is 17.7 Å². The quantitative estimate of drug-likeness (QED) is 0.483. The van der Waals surface area contributed by atoms with Crippen molar-refractivity contribution in [1.82, 2.24) is 15.4 Å². The summed E-state index contributed by atoms with van der Waals surface area (Å²) in [4.78, 5) is 20.1. The number of rotatable bonds is 5. The molecule has 3 aromatic rings. The van der Waals surface area contributed by atoms with E-state index in [9.17, 15) is 18.0 Å². The summed E-state index contributed by atoms with van der Waals surface area (Å²) in [6.07, 6.45) is -3.22. The number of nitrogens with two attached hydrogens (primary N) is 1. The number of nitrogens with one attached hydrogen (secondary N) is 3. The van der Waals surface area contributed by atoms with Gasteiger partial charge in [0.15, 0.2) is 11.6 Å². The van der Waals surface area contributed by atoms with E-state index in [1.807, 2.05) is 6.92 Å². The predicted molar refractivity (Wildman–Crippen MR) is 103 cm³/mol. The number of hydrazine groups is 1. The number of nitrogen functional groups attached to an aromatic ring is 1. The lowest BCUT2D eigenvalue weighted by atomic mass is 10.1. The summed E-state index contributed by atoms with van der Waals surface area (Å²) >= 11 is 0. The van der Waals surface area contributed by atoms with Gasteiger partial charge in [-0.05, 0) is 43.3 Å². The van der Waals surface area contributed by atoms with E-state index in [1.165, 1.54) is 18.5 Å². The Morgan fingerprint density at radius 2 is 1.59 bits per heavy atom. The molecule has 0 aliphatic carbocycles. The van der Waals surface area contributed by atoms with E-state index in [0.29, 0.717) is 11.3 Å². The molecular weight excluding hydrogens is 385 g/mol. The monoisotopic (exact) mass is 402 g/mol. The number of hydrogen-bond donors (Lipinski definition) is 4. The van der Waals surface area contributed by atoms with Crippen molar-refractivity contribution in [1.29, 1.82) is 0 Å². The summed E-state index contributed by atoms with van der Waals surface area (Å²) in [6.45, 7) is 1.91. The Balaban J connectivity index is 1.69. The molecule has 1 aromatic heterocycles. The third-order valence-corrected chi connectivity index (χ3v) is 3.97. The van der Waals surface area contributed by atoms with Gasteiger partial charge in [0.25, 0.3) is 5.91 Å². The third kappa shape index (κ3) is 4.92. The Kier molecular flexibility index (Phi) is 5.53. The largest absolute Gasteiger partial charge is 0.416 e.